The minimum absolute atomic E-state index is 0.144. The lowest BCUT2D eigenvalue weighted by molar-refractivity contribution is 0.112. The van der Waals surface area contributed by atoms with Gasteiger partial charge in [-0.3, -0.25) is 4.79 Å². The molecule has 0 aromatic heterocycles. The van der Waals surface area contributed by atoms with E-state index in [2.05, 4.69) is 78.5 Å². The van der Waals surface area contributed by atoms with Gasteiger partial charge >= 0.3 is 0 Å². The highest BCUT2D eigenvalue weighted by Gasteiger charge is 2.46. The SMILES string of the molecule is CCCC1(P)c2cc(C=O)ccc2-c2cc3c(cc21)-c1ccc(C(C#N)C#N)cc1C3(CCC)CCC. The van der Waals surface area contributed by atoms with Crippen molar-refractivity contribution in [2.75, 3.05) is 0 Å². The Hall–Kier alpha value is -3.26. The second-order valence-electron chi connectivity index (χ2n) is 10.7. The third kappa shape index (κ3) is 3.60. The van der Waals surface area contributed by atoms with Crippen LogP contribution in [0, 0.1) is 22.7 Å². The molecular formula is C33H33N2OP. The third-order valence-corrected chi connectivity index (χ3v) is 9.45. The van der Waals surface area contributed by atoms with Gasteiger partial charge in [-0.05, 0) is 87.5 Å². The summed E-state index contributed by atoms with van der Waals surface area (Å²) in [7, 11) is 3.15. The van der Waals surface area contributed by atoms with Crippen LogP contribution in [0.5, 0.6) is 0 Å². The molecule has 186 valence electrons. The van der Waals surface area contributed by atoms with Gasteiger partial charge in [0.15, 0.2) is 5.92 Å². The van der Waals surface area contributed by atoms with E-state index in [0.29, 0.717) is 0 Å². The molecule has 3 aromatic rings. The number of aldehydes is 1. The number of nitriles is 2. The minimum atomic E-state index is -0.761. The second kappa shape index (κ2) is 9.56. The summed E-state index contributed by atoms with van der Waals surface area (Å²) < 4.78 is 0. The molecule has 2 aliphatic carbocycles. The summed E-state index contributed by atoms with van der Waals surface area (Å²) >= 11 is 0. The Kier molecular flexibility index (Phi) is 6.56. The molecule has 0 spiro atoms. The van der Waals surface area contributed by atoms with Gasteiger partial charge in [0, 0.05) is 16.1 Å². The molecule has 3 nitrogen and oxygen atoms in total. The van der Waals surface area contributed by atoms with Crippen molar-refractivity contribution in [1.82, 2.24) is 0 Å². The standard InChI is InChI=1S/C33H33N2OP/c1-4-11-32(12-5-2)28-15-22(23(18-34)19-35)8-10-24(28)26-17-31-27(16-29(26)32)25-9-7-21(20-36)14-30(25)33(31,37)13-6-3/h7-10,14-17,20,23H,4-6,11-13,37H2,1-3H3. The van der Waals surface area contributed by atoms with Crippen molar-refractivity contribution in [2.24, 2.45) is 0 Å². The molecule has 3 aromatic carbocycles. The first kappa shape index (κ1) is 25.4. The molecule has 2 unspecified atom stereocenters. The molecule has 0 fully saturated rings. The molecule has 37 heavy (non-hydrogen) atoms. The van der Waals surface area contributed by atoms with E-state index in [9.17, 15) is 15.3 Å². The summed E-state index contributed by atoms with van der Waals surface area (Å²) in [6, 6.07) is 21.6. The van der Waals surface area contributed by atoms with Gasteiger partial charge in [0.25, 0.3) is 0 Å². The van der Waals surface area contributed by atoms with Crippen molar-refractivity contribution < 1.29 is 4.79 Å². The summed E-state index contributed by atoms with van der Waals surface area (Å²) in [6.07, 6.45) is 7.08. The first-order valence-electron chi connectivity index (χ1n) is 13.4. The van der Waals surface area contributed by atoms with Crippen LogP contribution in [0.3, 0.4) is 0 Å². The van der Waals surface area contributed by atoms with E-state index in [4.69, 9.17) is 0 Å². The first-order valence-corrected chi connectivity index (χ1v) is 14.0. The lowest BCUT2D eigenvalue weighted by Crippen LogP contribution is -2.25. The van der Waals surface area contributed by atoms with Crippen LogP contribution >= 0.6 is 9.24 Å². The molecule has 0 saturated carbocycles. The molecule has 0 bridgehead atoms. The van der Waals surface area contributed by atoms with Gasteiger partial charge in [0.05, 0.1) is 12.1 Å². The summed E-state index contributed by atoms with van der Waals surface area (Å²) in [4.78, 5) is 11.6. The Balaban J connectivity index is 1.82. The number of nitrogens with zero attached hydrogens (tertiary/aromatic N) is 2. The van der Waals surface area contributed by atoms with Crippen LogP contribution in [0.25, 0.3) is 22.3 Å². The maximum Gasteiger partial charge on any atom is 0.158 e. The van der Waals surface area contributed by atoms with Gasteiger partial charge in [0.1, 0.15) is 6.29 Å². The number of hydrogen-bond donors (Lipinski definition) is 0. The van der Waals surface area contributed by atoms with Crippen molar-refractivity contribution in [3.8, 4) is 34.4 Å². The van der Waals surface area contributed by atoms with E-state index in [-0.39, 0.29) is 10.6 Å². The van der Waals surface area contributed by atoms with E-state index < -0.39 is 5.92 Å². The molecule has 0 heterocycles. The topological polar surface area (TPSA) is 64.7 Å². The van der Waals surface area contributed by atoms with Gasteiger partial charge in [-0.1, -0.05) is 70.4 Å². The predicted octanol–water partition coefficient (Wildman–Crippen LogP) is 8.40. The highest BCUT2D eigenvalue weighted by molar-refractivity contribution is 7.19. The van der Waals surface area contributed by atoms with Gasteiger partial charge < -0.3 is 0 Å². The smallest absolute Gasteiger partial charge is 0.158 e. The monoisotopic (exact) mass is 504 g/mol. The van der Waals surface area contributed by atoms with Crippen molar-refractivity contribution in [3.63, 3.8) is 0 Å². The molecule has 0 radical (unpaired) electrons. The largest absolute Gasteiger partial charge is 0.298 e. The van der Waals surface area contributed by atoms with Crippen LogP contribution in [0.15, 0.2) is 48.5 Å². The van der Waals surface area contributed by atoms with Crippen LogP contribution in [0.1, 0.15) is 103 Å². The Morgan fingerprint density at radius 2 is 1.30 bits per heavy atom. The number of carbonyl (C=O) groups is 1. The summed E-state index contributed by atoms with van der Waals surface area (Å²) in [6.45, 7) is 6.70. The van der Waals surface area contributed by atoms with Crippen LogP contribution < -0.4 is 0 Å². The quantitative estimate of drug-likeness (QED) is 0.228. The zero-order valence-electron chi connectivity index (χ0n) is 21.9. The number of rotatable bonds is 8. The van der Waals surface area contributed by atoms with Crippen LogP contribution in [0.4, 0.5) is 0 Å². The Morgan fingerprint density at radius 1 is 0.757 bits per heavy atom. The fraction of sp³-hybridized carbons (Fsp3) is 0.364. The Labute approximate surface area is 222 Å². The molecule has 0 aliphatic heterocycles. The summed E-state index contributed by atoms with van der Waals surface area (Å²) in [5.41, 5.74) is 11.5. The van der Waals surface area contributed by atoms with E-state index in [1.54, 1.807) is 0 Å². The van der Waals surface area contributed by atoms with E-state index in [1.807, 2.05) is 12.1 Å². The van der Waals surface area contributed by atoms with Crippen molar-refractivity contribution >= 4 is 15.5 Å². The zero-order valence-corrected chi connectivity index (χ0v) is 23.1. The minimum Gasteiger partial charge on any atom is -0.298 e. The van der Waals surface area contributed by atoms with E-state index >= 15 is 0 Å². The number of carbonyl (C=O) groups excluding carboxylic acids is 1. The predicted molar refractivity (Wildman–Crippen MR) is 153 cm³/mol. The average Bonchev–Trinajstić information content (AvgIpc) is 3.30. The lowest BCUT2D eigenvalue weighted by Gasteiger charge is -2.33. The summed E-state index contributed by atoms with van der Waals surface area (Å²) in [5.74, 6) is -0.761. The maximum absolute atomic E-state index is 11.6. The highest BCUT2D eigenvalue weighted by atomic mass is 31.0. The molecular weight excluding hydrogens is 471 g/mol. The Morgan fingerprint density at radius 3 is 1.92 bits per heavy atom. The third-order valence-electron chi connectivity index (χ3n) is 8.54. The normalized spacial score (nSPS) is 17.9. The van der Waals surface area contributed by atoms with Crippen molar-refractivity contribution in [2.45, 2.75) is 75.8 Å². The molecule has 4 heteroatoms. The Bertz CT molecular complexity index is 1470. The van der Waals surface area contributed by atoms with Gasteiger partial charge in [0.2, 0.25) is 0 Å². The molecule has 5 rings (SSSR count). The van der Waals surface area contributed by atoms with Crippen LogP contribution in [0.2, 0.25) is 0 Å². The van der Waals surface area contributed by atoms with Crippen molar-refractivity contribution in [1.29, 1.82) is 10.5 Å². The van der Waals surface area contributed by atoms with Crippen LogP contribution in [-0.2, 0) is 10.6 Å². The number of benzene rings is 3. The summed E-state index contributed by atoms with van der Waals surface area (Å²) in [5, 5.41) is 19.0. The van der Waals surface area contributed by atoms with Crippen LogP contribution in [-0.4, -0.2) is 6.29 Å². The van der Waals surface area contributed by atoms with E-state index in [1.165, 1.54) is 44.5 Å². The number of fused-ring (bicyclic) bond motifs is 6. The highest BCUT2D eigenvalue weighted by Crippen LogP contribution is 2.61. The van der Waals surface area contributed by atoms with Crippen molar-refractivity contribution in [3.05, 3.63) is 81.9 Å². The zero-order chi connectivity index (χ0) is 26.4. The average molecular weight is 505 g/mol. The van der Waals surface area contributed by atoms with Gasteiger partial charge in [-0.15, -0.1) is 9.24 Å². The molecule has 2 aliphatic rings. The first-order chi connectivity index (χ1) is 17.9. The van der Waals surface area contributed by atoms with Gasteiger partial charge in [-0.25, -0.2) is 0 Å². The second-order valence-corrected chi connectivity index (χ2v) is 11.7. The number of hydrogen-bond acceptors (Lipinski definition) is 3. The fourth-order valence-corrected chi connectivity index (χ4v) is 7.84. The fourth-order valence-electron chi connectivity index (χ4n) is 7.07. The van der Waals surface area contributed by atoms with Gasteiger partial charge in [-0.2, -0.15) is 10.5 Å². The molecule has 0 N–H and O–H groups in total. The molecule has 0 amide bonds. The maximum atomic E-state index is 11.6. The molecule has 2 atom stereocenters. The molecule has 0 saturated heterocycles. The van der Waals surface area contributed by atoms with E-state index in [0.717, 1.165) is 55.9 Å². The lowest BCUT2D eigenvalue weighted by atomic mass is 9.70.